The van der Waals surface area contributed by atoms with Gasteiger partial charge in [0, 0.05) is 12.7 Å². The lowest BCUT2D eigenvalue weighted by Gasteiger charge is -2.26. The molecule has 0 radical (unpaired) electrons. The highest BCUT2D eigenvalue weighted by atomic mass is 16.5. The molecule has 1 fully saturated rings. The Morgan fingerprint density at radius 3 is 3.22 bits per heavy atom. The summed E-state index contributed by atoms with van der Waals surface area (Å²) in [6.45, 7) is 2.96. The van der Waals surface area contributed by atoms with Gasteiger partial charge in [0.15, 0.2) is 0 Å². The summed E-state index contributed by atoms with van der Waals surface area (Å²) < 4.78 is 14.6. The van der Waals surface area contributed by atoms with Crippen molar-refractivity contribution in [2.45, 2.75) is 12.6 Å². The first-order valence-electron chi connectivity index (χ1n) is 6.58. The lowest BCUT2D eigenvalue weighted by Crippen LogP contribution is -2.35. The first-order valence-corrected chi connectivity index (χ1v) is 6.08. The highest BCUT2D eigenvalue weighted by Crippen LogP contribution is 2.20. The summed E-state index contributed by atoms with van der Waals surface area (Å²) in [4.78, 5) is 0. The molecule has 94 valence electrons. The van der Waals surface area contributed by atoms with Crippen molar-refractivity contribution in [1.29, 1.82) is 0 Å². The van der Waals surface area contributed by atoms with Crippen molar-refractivity contribution in [2.75, 3.05) is 19.8 Å². The van der Waals surface area contributed by atoms with Crippen LogP contribution >= 0.6 is 0 Å². The lowest BCUT2D eigenvalue weighted by molar-refractivity contribution is 0.0766. The number of rotatable bonds is 3. The molecule has 1 aliphatic heterocycles. The van der Waals surface area contributed by atoms with Crippen molar-refractivity contribution in [2.24, 2.45) is 0 Å². The third-order valence-corrected chi connectivity index (χ3v) is 3.11. The monoisotopic (exact) mass is 245 g/mol. The molecule has 1 aromatic carbocycles. The van der Waals surface area contributed by atoms with Crippen LogP contribution in [0.25, 0.3) is 0 Å². The summed E-state index contributed by atoms with van der Waals surface area (Å²) in [5.41, 5.74) is 2.40. The number of morpholine rings is 1. The highest BCUT2D eigenvalue weighted by Gasteiger charge is 2.17. The second kappa shape index (κ2) is 5.29. The van der Waals surface area contributed by atoms with Crippen molar-refractivity contribution in [3.05, 3.63) is 47.8 Å². The van der Waals surface area contributed by atoms with E-state index in [9.17, 15) is 0 Å². The Hall–Kier alpha value is -1.72. The van der Waals surface area contributed by atoms with Gasteiger partial charge in [-0.25, -0.2) is 4.68 Å². The molecule has 0 amide bonds. The van der Waals surface area contributed by atoms with Crippen LogP contribution in [0.2, 0.25) is 0 Å². The second-order valence-corrected chi connectivity index (χ2v) is 4.33. The maximum Gasteiger partial charge on any atom is 0.0877 e. The van der Waals surface area contributed by atoms with Gasteiger partial charge in [0.1, 0.15) is 0 Å². The Morgan fingerprint density at radius 2 is 2.44 bits per heavy atom. The van der Waals surface area contributed by atoms with E-state index in [0.29, 0.717) is 13.2 Å². The number of nitrogens with one attached hydrogen (secondary N) is 1. The summed E-state index contributed by atoms with van der Waals surface area (Å²) in [6, 6.07) is 8.47. The summed E-state index contributed by atoms with van der Waals surface area (Å²) in [5.74, 6) is 0. The van der Waals surface area contributed by atoms with Gasteiger partial charge in [-0.05, 0) is 11.1 Å². The number of ether oxygens (including phenoxy) is 1. The first-order chi connectivity index (χ1) is 9.33. The van der Waals surface area contributed by atoms with Gasteiger partial charge in [0.05, 0.1) is 33.3 Å². The Kier molecular flexibility index (Phi) is 3.00. The van der Waals surface area contributed by atoms with E-state index in [1.807, 2.05) is 12.1 Å². The van der Waals surface area contributed by atoms with Crippen LogP contribution in [0.1, 0.15) is 18.5 Å². The molecular weight excluding hydrogens is 228 g/mol. The van der Waals surface area contributed by atoms with E-state index in [-0.39, 0.29) is 12.2 Å². The molecule has 18 heavy (non-hydrogen) atoms. The van der Waals surface area contributed by atoms with Crippen LogP contribution in [0.15, 0.2) is 36.6 Å². The van der Waals surface area contributed by atoms with Crippen LogP contribution in [0.5, 0.6) is 0 Å². The highest BCUT2D eigenvalue weighted by molar-refractivity contribution is 5.30. The van der Waals surface area contributed by atoms with Crippen LogP contribution < -0.4 is 5.32 Å². The molecule has 0 bridgehead atoms. The summed E-state index contributed by atoms with van der Waals surface area (Å²) in [5, 5.41) is 11.1. The van der Waals surface area contributed by atoms with E-state index in [1.165, 1.54) is 11.1 Å². The molecule has 1 saturated heterocycles. The maximum absolute atomic E-state index is 7.40. The molecule has 0 aliphatic carbocycles. The van der Waals surface area contributed by atoms with Crippen LogP contribution in [0.4, 0.5) is 0 Å². The average Bonchev–Trinajstić information content (AvgIpc) is 2.86. The van der Waals surface area contributed by atoms with Gasteiger partial charge >= 0.3 is 0 Å². The SMILES string of the molecule is [2H]c1cn(Cc2ccccc2C2COCCN2)nn1. The number of benzene rings is 1. The minimum absolute atomic E-state index is 0.191. The van der Waals surface area contributed by atoms with Crippen molar-refractivity contribution >= 4 is 0 Å². The summed E-state index contributed by atoms with van der Waals surface area (Å²) in [7, 11) is 0. The van der Waals surface area contributed by atoms with Crippen molar-refractivity contribution in [3.63, 3.8) is 0 Å². The van der Waals surface area contributed by atoms with Gasteiger partial charge in [-0.3, -0.25) is 0 Å². The zero-order valence-corrected chi connectivity index (χ0v) is 10.0. The molecule has 1 aromatic heterocycles. The topological polar surface area (TPSA) is 52.0 Å². The van der Waals surface area contributed by atoms with Crippen LogP contribution in [-0.4, -0.2) is 34.8 Å². The molecule has 0 saturated carbocycles. The fourth-order valence-corrected chi connectivity index (χ4v) is 2.24. The van der Waals surface area contributed by atoms with Crippen LogP contribution in [0.3, 0.4) is 0 Å². The van der Waals surface area contributed by atoms with Gasteiger partial charge in [-0.1, -0.05) is 29.5 Å². The van der Waals surface area contributed by atoms with Crippen LogP contribution in [0, 0.1) is 0 Å². The number of aromatic nitrogens is 3. The van der Waals surface area contributed by atoms with Crippen molar-refractivity contribution in [3.8, 4) is 0 Å². The largest absolute Gasteiger partial charge is 0.378 e. The van der Waals surface area contributed by atoms with E-state index in [2.05, 4.69) is 27.8 Å². The van der Waals surface area contributed by atoms with Gasteiger partial charge in [-0.15, -0.1) is 5.10 Å². The minimum atomic E-state index is 0.191. The molecule has 5 nitrogen and oxygen atoms in total. The third kappa shape index (κ3) is 2.42. The zero-order valence-electron chi connectivity index (χ0n) is 11.0. The van der Waals surface area contributed by atoms with E-state index in [0.717, 1.165) is 13.2 Å². The second-order valence-electron chi connectivity index (χ2n) is 4.33. The average molecular weight is 245 g/mol. The lowest BCUT2D eigenvalue weighted by atomic mass is 10.00. The van der Waals surface area contributed by atoms with E-state index in [1.54, 1.807) is 10.9 Å². The maximum atomic E-state index is 7.40. The first kappa shape index (κ1) is 10.2. The van der Waals surface area contributed by atoms with Gasteiger partial charge in [0.25, 0.3) is 0 Å². The fraction of sp³-hybridized carbons (Fsp3) is 0.385. The Labute approximate surface area is 107 Å². The predicted octanol–water partition coefficient (Wildman–Crippen LogP) is 0.987. The standard InChI is InChI=1S/C13H16N4O/c1-2-4-12(13-10-18-8-6-14-13)11(3-1)9-17-7-5-15-16-17/h1-5,7,13-14H,6,8-10H2/i5D. The van der Waals surface area contributed by atoms with E-state index < -0.39 is 0 Å². The molecule has 2 heterocycles. The predicted molar refractivity (Wildman–Crippen MR) is 67.1 cm³/mol. The number of hydrogen-bond acceptors (Lipinski definition) is 4. The van der Waals surface area contributed by atoms with Crippen LogP contribution in [-0.2, 0) is 11.3 Å². The van der Waals surface area contributed by atoms with E-state index in [4.69, 9.17) is 6.11 Å². The Balaban J connectivity index is 1.84. The summed E-state index contributed by atoms with van der Waals surface area (Å²) in [6.07, 6.45) is 1.82. The normalized spacial score (nSPS) is 20.7. The van der Waals surface area contributed by atoms with Gasteiger partial charge in [-0.2, -0.15) is 0 Å². The molecule has 5 heteroatoms. The molecule has 1 atom stereocenters. The molecular formula is C13H16N4O. The van der Waals surface area contributed by atoms with Gasteiger partial charge < -0.3 is 10.1 Å². The minimum Gasteiger partial charge on any atom is -0.378 e. The quantitative estimate of drug-likeness (QED) is 0.876. The summed E-state index contributed by atoms with van der Waals surface area (Å²) >= 11 is 0. The smallest absolute Gasteiger partial charge is 0.0877 e. The molecule has 2 aromatic rings. The molecule has 1 unspecified atom stereocenters. The molecule has 0 spiro atoms. The van der Waals surface area contributed by atoms with Crippen molar-refractivity contribution < 1.29 is 6.11 Å². The number of hydrogen-bond donors (Lipinski definition) is 1. The van der Waals surface area contributed by atoms with Crippen molar-refractivity contribution in [1.82, 2.24) is 20.3 Å². The third-order valence-electron chi connectivity index (χ3n) is 3.11. The number of nitrogens with zero attached hydrogens (tertiary/aromatic N) is 3. The van der Waals surface area contributed by atoms with E-state index >= 15 is 0 Å². The fourth-order valence-electron chi connectivity index (χ4n) is 2.24. The molecule has 3 rings (SSSR count). The Bertz CT molecular complexity index is 551. The zero-order chi connectivity index (χ0) is 13.1. The van der Waals surface area contributed by atoms with Gasteiger partial charge in [0.2, 0.25) is 0 Å². The Morgan fingerprint density at radius 1 is 1.50 bits per heavy atom. The molecule has 1 N–H and O–H groups in total. The molecule has 1 aliphatic rings.